The van der Waals surface area contributed by atoms with E-state index in [0.29, 0.717) is 12.1 Å². The van der Waals surface area contributed by atoms with Crippen molar-refractivity contribution >= 4 is 6.03 Å². The zero-order valence-electron chi connectivity index (χ0n) is 11.5. The largest absolute Gasteiger partial charge is 0.413 e. The molecule has 2 atom stereocenters. The quantitative estimate of drug-likeness (QED) is 0.729. The van der Waals surface area contributed by atoms with Crippen molar-refractivity contribution in [2.45, 2.75) is 31.6 Å². The maximum Gasteiger partial charge on any atom is 0.413 e. The molecule has 1 aromatic carbocycles. The van der Waals surface area contributed by atoms with E-state index in [9.17, 15) is 26.7 Å². The predicted molar refractivity (Wildman–Crippen MR) is 68.0 cm³/mol. The molecule has 2 amide bonds. The third-order valence-corrected chi connectivity index (χ3v) is 2.83. The van der Waals surface area contributed by atoms with Crippen LogP contribution in [0, 0.1) is 11.6 Å². The van der Waals surface area contributed by atoms with E-state index in [-0.39, 0.29) is 13.0 Å². The Balaban J connectivity index is 2.99. The first-order chi connectivity index (χ1) is 10.2. The van der Waals surface area contributed by atoms with Gasteiger partial charge in [0.1, 0.15) is 11.6 Å². The summed E-state index contributed by atoms with van der Waals surface area (Å²) in [7, 11) is 0. The molecule has 124 valence electrons. The van der Waals surface area contributed by atoms with Gasteiger partial charge >= 0.3 is 12.2 Å². The fraction of sp³-hybridized carbons (Fsp3) is 0.462. The number of nitrogens with one attached hydrogen (secondary N) is 2. The van der Waals surface area contributed by atoms with E-state index >= 15 is 0 Å². The van der Waals surface area contributed by atoms with Gasteiger partial charge in [0, 0.05) is 12.6 Å². The van der Waals surface area contributed by atoms with E-state index in [1.807, 2.05) is 0 Å². The second-order valence-electron chi connectivity index (χ2n) is 4.64. The van der Waals surface area contributed by atoms with Crippen LogP contribution in [0.5, 0.6) is 0 Å². The van der Waals surface area contributed by atoms with Gasteiger partial charge in [-0.1, -0.05) is 6.07 Å². The van der Waals surface area contributed by atoms with Crippen LogP contribution in [0.15, 0.2) is 18.2 Å². The molecule has 0 aliphatic heterocycles. The molecule has 4 nitrogen and oxygen atoms in total. The molecule has 9 heteroatoms. The van der Waals surface area contributed by atoms with E-state index in [4.69, 9.17) is 5.11 Å². The molecule has 0 spiro atoms. The average molecular weight is 326 g/mol. The Kier molecular flexibility index (Phi) is 6.10. The number of aliphatic hydroxyl groups is 1. The van der Waals surface area contributed by atoms with Crippen LogP contribution in [0.25, 0.3) is 0 Å². The fourth-order valence-corrected chi connectivity index (χ4v) is 1.77. The maximum atomic E-state index is 13.5. The fourth-order valence-electron chi connectivity index (χ4n) is 1.77. The number of rotatable bonds is 5. The Labute approximate surface area is 123 Å². The normalized spacial score (nSPS) is 14.3. The van der Waals surface area contributed by atoms with Crippen molar-refractivity contribution in [1.82, 2.24) is 10.6 Å². The summed E-state index contributed by atoms with van der Waals surface area (Å²) < 4.78 is 66.0. The highest BCUT2D eigenvalue weighted by molar-refractivity contribution is 5.74. The Hall–Kier alpha value is -1.90. The van der Waals surface area contributed by atoms with E-state index in [0.717, 1.165) is 6.07 Å². The molecule has 0 aliphatic rings. The van der Waals surface area contributed by atoms with Crippen LogP contribution in [-0.2, 0) is 0 Å². The highest BCUT2D eigenvalue weighted by Crippen LogP contribution is 2.35. The number of carbonyl (C=O) groups is 1. The number of urea groups is 1. The van der Waals surface area contributed by atoms with Gasteiger partial charge in [0.15, 0.2) is 6.04 Å². The topological polar surface area (TPSA) is 61.4 Å². The highest BCUT2D eigenvalue weighted by Gasteiger charge is 2.44. The molecule has 0 radical (unpaired) electrons. The lowest BCUT2D eigenvalue weighted by Crippen LogP contribution is -2.47. The summed E-state index contributed by atoms with van der Waals surface area (Å²) in [6.45, 7) is 1.19. The van der Waals surface area contributed by atoms with Gasteiger partial charge in [-0.3, -0.25) is 0 Å². The second-order valence-corrected chi connectivity index (χ2v) is 4.64. The molecule has 0 fully saturated rings. The molecular formula is C13H15F5N2O2. The molecule has 2 unspecified atom stereocenters. The van der Waals surface area contributed by atoms with Crippen molar-refractivity contribution in [2.75, 3.05) is 6.61 Å². The lowest BCUT2D eigenvalue weighted by Gasteiger charge is -2.24. The van der Waals surface area contributed by atoms with Gasteiger partial charge in [0.2, 0.25) is 0 Å². The molecular weight excluding hydrogens is 311 g/mol. The van der Waals surface area contributed by atoms with Crippen LogP contribution in [0.1, 0.15) is 24.9 Å². The van der Waals surface area contributed by atoms with E-state index < -0.39 is 41.5 Å². The summed E-state index contributed by atoms with van der Waals surface area (Å²) in [4.78, 5) is 11.5. The second kappa shape index (κ2) is 7.39. The van der Waals surface area contributed by atoms with Crippen LogP contribution in [0.4, 0.5) is 26.7 Å². The monoisotopic (exact) mass is 326 g/mol. The van der Waals surface area contributed by atoms with Crippen molar-refractivity contribution in [3.8, 4) is 0 Å². The van der Waals surface area contributed by atoms with Gasteiger partial charge in [-0.25, -0.2) is 13.6 Å². The molecule has 0 heterocycles. The molecule has 0 saturated carbocycles. The molecule has 22 heavy (non-hydrogen) atoms. The number of alkyl halides is 3. The number of amides is 2. The standard InChI is InChI=1S/C13H15F5N2O2/c1-7(5-6-21)19-12(22)20-11(13(16,17)18)10-8(14)3-2-4-9(10)15/h2-4,7,11,21H,5-6H2,1H3,(H2,19,20,22). The summed E-state index contributed by atoms with van der Waals surface area (Å²) in [5.74, 6) is -2.82. The summed E-state index contributed by atoms with van der Waals surface area (Å²) in [6, 6.07) is -2.41. The molecule has 0 aliphatic carbocycles. The summed E-state index contributed by atoms with van der Waals surface area (Å²) >= 11 is 0. The highest BCUT2D eigenvalue weighted by atomic mass is 19.4. The Morgan fingerprint density at radius 3 is 2.23 bits per heavy atom. The predicted octanol–water partition coefficient (Wildman–Crippen LogP) is 2.64. The van der Waals surface area contributed by atoms with Crippen molar-refractivity contribution in [1.29, 1.82) is 0 Å². The lowest BCUT2D eigenvalue weighted by molar-refractivity contribution is -0.156. The number of halogens is 5. The third-order valence-electron chi connectivity index (χ3n) is 2.83. The summed E-state index contributed by atoms with van der Waals surface area (Å²) in [5.41, 5.74) is -1.28. The van der Waals surface area contributed by atoms with Crippen LogP contribution in [0.2, 0.25) is 0 Å². The van der Waals surface area contributed by atoms with Crippen LogP contribution >= 0.6 is 0 Å². The summed E-state index contributed by atoms with van der Waals surface area (Å²) in [5, 5.41) is 12.3. The maximum absolute atomic E-state index is 13.5. The van der Waals surface area contributed by atoms with Crippen molar-refractivity contribution in [3.05, 3.63) is 35.4 Å². The summed E-state index contributed by atoms with van der Waals surface area (Å²) in [6.07, 6.45) is -4.96. The minimum Gasteiger partial charge on any atom is -0.396 e. The van der Waals surface area contributed by atoms with Gasteiger partial charge in [-0.15, -0.1) is 0 Å². The van der Waals surface area contributed by atoms with Crippen LogP contribution < -0.4 is 10.6 Å². The van der Waals surface area contributed by atoms with Gasteiger partial charge < -0.3 is 15.7 Å². The van der Waals surface area contributed by atoms with E-state index in [1.165, 1.54) is 12.2 Å². The lowest BCUT2D eigenvalue weighted by atomic mass is 10.1. The SMILES string of the molecule is CC(CCO)NC(=O)NC(c1c(F)cccc1F)C(F)(F)F. The average Bonchev–Trinajstić information content (AvgIpc) is 2.36. The van der Waals surface area contributed by atoms with Crippen LogP contribution in [0.3, 0.4) is 0 Å². The molecule has 1 rings (SSSR count). The first-order valence-corrected chi connectivity index (χ1v) is 6.35. The zero-order chi connectivity index (χ0) is 16.9. The number of carbonyl (C=O) groups excluding carboxylic acids is 1. The van der Waals surface area contributed by atoms with Crippen molar-refractivity contribution in [2.24, 2.45) is 0 Å². The molecule has 3 N–H and O–H groups in total. The number of hydrogen-bond acceptors (Lipinski definition) is 2. The minimum atomic E-state index is -5.08. The van der Waals surface area contributed by atoms with Gasteiger partial charge in [0.25, 0.3) is 0 Å². The van der Waals surface area contributed by atoms with Crippen LogP contribution in [-0.4, -0.2) is 30.0 Å². The Bertz CT molecular complexity index is 501. The Morgan fingerprint density at radius 1 is 1.23 bits per heavy atom. The van der Waals surface area contributed by atoms with E-state index in [1.54, 1.807) is 0 Å². The van der Waals surface area contributed by atoms with Gasteiger partial charge in [-0.05, 0) is 25.5 Å². The van der Waals surface area contributed by atoms with E-state index in [2.05, 4.69) is 5.32 Å². The number of aliphatic hydroxyl groups excluding tert-OH is 1. The molecule has 0 aromatic heterocycles. The van der Waals surface area contributed by atoms with Crippen molar-refractivity contribution in [3.63, 3.8) is 0 Å². The molecule has 0 bridgehead atoms. The zero-order valence-corrected chi connectivity index (χ0v) is 11.5. The first kappa shape index (κ1) is 18.1. The first-order valence-electron chi connectivity index (χ1n) is 6.35. The van der Waals surface area contributed by atoms with Gasteiger partial charge in [0.05, 0.1) is 5.56 Å². The van der Waals surface area contributed by atoms with Gasteiger partial charge in [-0.2, -0.15) is 13.2 Å². The third kappa shape index (κ3) is 4.83. The molecule has 1 aromatic rings. The number of hydrogen-bond donors (Lipinski definition) is 3. The minimum absolute atomic E-state index is 0.123. The smallest absolute Gasteiger partial charge is 0.396 e. The Morgan fingerprint density at radius 2 is 1.77 bits per heavy atom. The number of benzene rings is 1. The molecule has 0 saturated heterocycles. The van der Waals surface area contributed by atoms with Crippen molar-refractivity contribution < 1.29 is 31.9 Å².